The van der Waals surface area contributed by atoms with Crippen LogP contribution in [-0.2, 0) is 10.3 Å². The highest BCUT2D eigenvalue weighted by Crippen LogP contribution is 2.49. The Labute approximate surface area is 123 Å². The van der Waals surface area contributed by atoms with E-state index in [0.29, 0.717) is 11.8 Å². The molecule has 1 aromatic carbocycles. The molecule has 1 aliphatic carbocycles. The van der Waals surface area contributed by atoms with E-state index in [1.54, 1.807) is 0 Å². The normalized spacial score (nSPS) is 27.6. The van der Waals surface area contributed by atoms with Gasteiger partial charge in [0.1, 0.15) is 0 Å². The second-order valence-electron chi connectivity index (χ2n) is 6.74. The fraction of sp³-hybridized carbons (Fsp3) is 0.500. The number of fused-ring (bicyclic) bond motifs is 2. The first-order chi connectivity index (χ1) is 10.1. The summed E-state index contributed by atoms with van der Waals surface area (Å²) in [5.74, 6) is 1.45. The van der Waals surface area contributed by atoms with Gasteiger partial charge in [-0.15, -0.1) is 0 Å². The lowest BCUT2D eigenvalue weighted by molar-refractivity contribution is -0.124. The number of hydrogen-bond donors (Lipinski definition) is 3. The largest absolute Gasteiger partial charge is 0.345 e. The van der Waals surface area contributed by atoms with Crippen molar-refractivity contribution in [3.63, 3.8) is 0 Å². The molecule has 2 fully saturated rings. The van der Waals surface area contributed by atoms with Gasteiger partial charge in [-0.25, -0.2) is 0 Å². The van der Waals surface area contributed by atoms with Crippen LogP contribution in [0, 0.1) is 17.8 Å². The Hall–Kier alpha value is -1.88. The SMILES string of the molecule is CC(C)(NC(=O)C1[C@H]2CNC[C@@H]12)c1[nH]nc2ccccc12. The maximum absolute atomic E-state index is 12.5. The van der Waals surface area contributed by atoms with Crippen LogP contribution >= 0.6 is 0 Å². The number of piperidine rings is 1. The number of H-pyrrole nitrogens is 1. The fourth-order valence-electron chi connectivity index (χ4n) is 3.70. The molecule has 2 aliphatic rings. The van der Waals surface area contributed by atoms with Gasteiger partial charge in [0.15, 0.2) is 0 Å². The Bertz CT molecular complexity index is 695. The first kappa shape index (κ1) is 12.8. The first-order valence-electron chi connectivity index (χ1n) is 7.54. The van der Waals surface area contributed by atoms with Gasteiger partial charge < -0.3 is 10.6 Å². The van der Waals surface area contributed by atoms with Crippen LogP contribution < -0.4 is 10.6 Å². The molecule has 2 heterocycles. The third kappa shape index (κ3) is 1.95. The molecule has 1 unspecified atom stereocenters. The Balaban J connectivity index is 1.57. The minimum atomic E-state index is -0.447. The van der Waals surface area contributed by atoms with Crippen molar-refractivity contribution >= 4 is 16.8 Å². The summed E-state index contributed by atoms with van der Waals surface area (Å²) < 4.78 is 0. The number of rotatable bonds is 3. The van der Waals surface area contributed by atoms with Gasteiger partial charge in [-0.3, -0.25) is 9.89 Å². The van der Waals surface area contributed by atoms with Gasteiger partial charge in [-0.05, 0) is 44.8 Å². The van der Waals surface area contributed by atoms with Gasteiger partial charge in [0.2, 0.25) is 5.91 Å². The summed E-state index contributed by atoms with van der Waals surface area (Å²) in [7, 11) is 0. The topological polar surface area (TPSA) is 69.8 Å². The number of nitrogens with zero attached hydrogens (tertiary/aromatic N) is 1. The third-order valence-corrected chi connectivity index (χ3v) is 4.92. The lowest BCUT2D eigenvalue weighted by atomic mass is 9.96. The third-order valence-electron chi connectivity index (χ3n) is 4.92. The van der Waals surface area contributed by atoms with Crippen LogP contribution in [0.15, 0.2) is 24.3 Å². The van der Waals surface area contributed by atoms with Crippen LogP contribution in [0.25, 0.3) is 10.9 Å². The summed E-state index contributed by atoms with van der Waals surface area (Å²) in [5, 5.41) is 15.0. The van der Waals surface area contributed by atoms with Gasteiger partial charge in [0.25, 0.3) is 0 Å². The quantitative estimate of drug-likeness (QED) is 0.797. The summed E-state index contributed by atoms with van der Waals surface area (Å²) in [4.78, 5) is 12.5. The van der Waals surface area contributed by atoms with Crippen molar-refractivity contribution in [3.05, 3.63) is 30.0 Å². The molecule has 110 valence electrons. The second kappa shape index (κ2) is 4.31. The standard InChI is InChI=1S/C16H20N4O/c1-16(2,14-9-5-3-4-6-12(9)19-20-14)18-15(21)13-10-7-17-8-11(10)13/h3-6,10-11,13,17H,7-8H2,1-2H3,(H,18,21)(H,19,20)/t10-,11+,13?. The molecule has 0 bridgehead atoms. The first-order valence-corrected chi connectivity index (χ1v) is 7.54. The number of carbonyl (C=O) groups is 1. The molecule has 4 rings (SSSR count). The number of nitrogens with one attached hydrogen (secondary N) is 3. The lowest BCUT2D eigenvalue weighted by Crippen LogP contribution is -2.43. The molecule has 1 saturated heterocycles. The molecule has 0 radical (unpaired) electrons. The average molecular weight is 284 g/mol. The van der Waals surface area contributed by atoms with Gasteiger partial charge in [0.05, 0.1) is 16.7 Å². The zero-order chi connectivity index (χ0) is 14.6. The van der Waals surface area contributed by atoms with Gasteiger partial charge in [0, 0.05) is 11.3 Å². The van der Waals surface area contributed by atoms with E-state index in [2.05, 4.69) is 20.8 Å². The molecule has 21 heavy (non-hydrogen) atoms. The molecule has 3 N–H and O–H groups in total. The van der Waals surface area contributed by atoms with E-state index in [4.69, 9.17) is 0 Å². The van der Waals surface area contributed by atoms with Crippen molar-refractivity contribution in [1.82, 2.24) is 20.8 Å². The molecule has 3 atom stereocenters. The van der Waals surface area contributed by atoms with Crippen molar-refractivity contribution in [2.45, 2.75) is 19.4 Å². The van der Waals surface area contributed by atoms with Crippen LogP contribution in [0.1, 0.15) is 19.5 Å². The molecule has 1 aliphatic heterocycles. The predicted molar refractivity (Wildman–Crippen MR) is 80.6 cm³/mol. The van der Waals surface area contributed by atoms with Gasteiger partial charge >= 0.3 is 0 Å². The summed E-state index contributed by atoms with van der Waals surface area (Å²) in [5.41, 5.74) is 1.45. The van der Waals surface area contributed by atoms with Crippen LogP contribution in [0.4, 0.5) is 0 Å². The van der Waals surface area contributed by atoms with Crippen molar-refractivity contribution in [3.8, 4) is 0 Å². The molecule has 1 saturated carbocycles. The van der Waals surface area contributed by atoms with Crippen molar-refractivity contribution in [2.24, 2.45) is 17.8 Å². The summed E-state index contributed by atoms with van der Waals surface area (Å²) in [6, 6.07) is 7.98. The summed E-state index contributed by atoms with van der Waals surface area (Å²) in [6.45, 7) is 6.02. The van der Waals surface area contributed by atoms with Crippen molar-refractivity contribution in [1.29, 1.82) is 0 Å². The van der Waals surface area contributed by atoms with Crippen LogP contribution in [0.5, 0.6) is 0 Å². The van der Waals surface area contributed by atoms with Gasteiger partial charge in [-0.2, -0.15) is 5.10 Å². The number of hydrogen-bond acceptors (Lipinski definition) is 3. The van der Waals surface area contributed by atoms with E-state index in [9.17, 15) is 4.79 Å². The zero-order valence-corrected chi connectivity index (χ0v) is 12.3. The van der Waals surface area contributed by atoms with E-state index in [-0.39, 0.29) is 11.8 Å². The fourth-order valence-corrected chi connectivity index (χ4v) is 3.70. The summed E-state index contributed by atoms with van der Waals surface area (Å²) >= 11 is 0. The molecule has 5 heteroatoms. The van der Waals surface area contributed by atoms with Crippen LogP contribution in [-0.4, -0.2) is 29.2 Å². The number of aromatic amines is 1. The Morgan fingerprint density at radius 3 is 2.76 bits per heavy atom. The van der Waals surface area contributed by atoms with E-state index in [1.807, 2.05) is 38.1 Å². The second-order valence-corrected chi connectivity index (χ2v) is 6.74. The minimum absolute atomic E-state index is 0.176. The van der Waals surface area contributed by atoms with E-state index < -0.39 is 5.54 Å². The average Bonchev–Trinajstić information content (AvgIpc) is 2.82. The monoisotopic (exact) mass is 284 g/mol. The van der Waals surface area contributed by atoms with E-state index in [0.717, 1.165) is 29.7 Å². The highest BCUT2D eigenvalue weighted by molar-refractivity contribution is 5.86. The minimum Gasteiger partial charge on any atom is -0.345 e. The van der Waals surface area contributed by atoms with E-state index >= 15 is 0 Å². The maximum atomic E-state index is 12.5. The molecular formula is C16H20N4O. The number of para-hydroxylation sites is 1. The molecule has 0 spiro atoms. The Morgan fingerprint density at radius 1 is 1.29 bits per heavy atom. The molecule has 5 nitrogen and oxygen atoms in total. The van der Waals surface area contributed by atoms with Crippen LogP contribution in [0.2, 0.25) is 0 Å². The number of benzene rings is 1. The number of aromatic nitrogens is 2. The lowest BCUT2D eigenvalue weighted by Gasteiger charge is -2.26. The van der Waals surface area contributed by atoms with Crippen molar-refractivity contribution in [2.75, 3.05) is 13.1 Å². The highest BCUT2D eigenvalue weighted by Gasteiger charge is 2.57. The molecular weight excluding hydrogens is 264 g/mol. The number of carbonyl (C=O) groups excluding carboxylic acids is 1. The summed E-state index contributed by atoms with van der Waals surface area (Å²) in [6.07, 6.45) is 0. The molecule has 1 aromatic heterocycles. The molecule has 1 amide bonds. The van der Waals surface area contributed by atoms with E-state index in [1.165, 1.54) is 0 Å². The predicted octanol–water partition coefficient (Wildman–Crippen LogP) is 1.38. The Kier molecular flexibility index (Phi) is 2.63. The number of amides is 1. The Morgan fingerprint density at radius 2 is 2.00 bits per heavy atom. The molecule has 2 aromatic rings. The highest BCUT2D eigenvalue weighted by atomic mass is 16.2. The van der Waals surface area contributed by atoms with Crippen molar-refractivity contribution < 1.29 is 4.79 Å². The van der Waals surface area contributed by atoms with Gasteiger partial charge in [-0.1, -0.05) is 18.2 Å². The maximum Gasteiger partial charge on any atom is 0.224 e. The van der Waals surface area contributed by atoms with Crippen LogP contribution in [0.3, 0.4) is 0 Å². The smallest absolute Gasteiger partial charge is 0.224 e. The zero-order valence-electron chi connectivity index (χ0n) is 12.3.